The zero-order valence-electron chi connectivity index (χ0n) is 8.58. The van der Waals surface area contributed by atoms with Gasteiger partial charge in [0, 0.05) is 13.1 Å². The van der Waals surface area contributed by atoms with E-state index in [1.54, 1.807) is 0 Å². The number of hydrogen-bond donors (Lipinski definition) is 0. The second-order valence-electron chi connectivity index (χ2n) is 3.49. The smallest absolute Gasteiger partial charge is 0.411 e. The van der Waals surface area contributed by atoms with E-state index in [1.807, 2.05) is 0 Å². The number of nitrogens with zero attached hydrogens (tertiary/aromatic N) is 1. The fourth-order valence-corrected chi connectivity index (χ4v) is 2.18. The summed E-state index contributed by atoms with van der Waals surface area (Å²) in [6.45, 7) is 4.43. The van der Waals surface area contributed by atoms with Gasteiger partial charge in [-0.3, -0.25) is 0 Å². The monoisotopic (exact) mass is 225 g/mol. The molecule has 1 aliphatic rings. The molecule has 0 saturated carbocycles. The van der Waals surface area contributed by atoms with Crippen LogP contribution >= 0.6 is 12.2 Å². The molecule has 13 heavy (non-hydrogen) atoms. The first-order valence-electron chi connectivity index (χ1n) is 4.70. The summed E-state index contributed by atoms with van der Waals surface area (Å²) in [7, 11) is 0. The Morgan fingerprint density at radius 1 is 1.46 bits per heavy atom. The molecule has 1 aliphatic heterocycles. The zero-order valence-corrected chi connectivity index (χ0v) is 12.2. The number of rotatable bonds is 2. The molecule has 0 aromatic heterocycles. The van der Waals surface area contributed by atoms with Crippen LogP contribution in [-0.2, 0) is 12.6 Å². The van der Waals surface area contributed by atoms with Gasteiger partial charge in [-0.25, -0.2) is 0 Å². The molecule has 1 heterocycles. The summed E-state index contributed by atoms with van der Waals surface area (Å²) in [4.78, 5) is 2.15. The average molecular weight is 225 g/mol. The Bertz CT molecular complexity index is 156. The Morgan fingerprint density at radius 3 is 2.38 bits per heavy atom. The third-order valence-electron chi connectivity index (χ3n) is 2.57. The van der Waals surface area contributed by atoms with Crippen LogP contribution in [0, 0.1) is 5.92 Å². The van der Waals surface area contributed by atoms with E-state index in [9.17, 15) is 0 Å². The van der Waals surface area contributed by atoms with E-state index in [0.717, 1.165) is 19.0 Å². The van der Waals surface area contributed by atoms with E-state index in [4.69, 9.17) is 24.8 Å². The van der Waals surface area contributed by atoms with Crippen molar-refractivity contribution in [2.24, 2.45) is 5.92 Å². The Kier molecular flexibility index (Phi) is 8.04. The largest absolute Gasteiger partial charge is 1.00 e. The Labute approximate surface area is 114 Å². The van der Waals surface area contributed by atoms with Crippen molar-refractivity contribution >= 4 is 29.2 Å². The van der Waals surface area contributed by atoms with Crippen molar-refractivity contribution in [2.45, 2.75) is 32.6 Å². The van der Waals surface area contributed by atoms with Gasteiger partial charge in [0.05, 0.1) is 0 Å². The van der Waals surface area contributed by atoms with Gasteiger partial charge in [-0.2, -0.15) is 0 Å². The van der Waals surface area contributed by atoms with Crippen LogP contribution in [-0.4, -0.2) is 22.3 Å². The van der Waals surface area contributed by atoms with Gasteiger partial charge in [0.25, 0.3) is 0 Å². The van der Waals surface area contributed by atoms with Crippen molar-refractivity contribution < 1.29 is 29.6 Å². The van der Waals surface area contributed by atoms with Gasteiger partial charge >= 0.3 is 29.6 Å². The summed E-state index contributed by atoms with van der Waals surface area (Å²) >= 11 is 9.92. The zero-order chi connectivity index (χ0) is 8.97. The predicted octanol–water partition coefficient (Wildman–Crippen LogP) is -0.666. The van der Waals surface area contributed by atoms with Gasteiger partial charge in [-0.1, -0.05) is 24.1 Å². The van der Waals surface area contributed by atoms with Crippen molar-refractivity contribution in [3.8, 4) is 0 Å². The van der Waals surface area contributed by atoms with E-state index >= 15 is 0 Å². The van der Waals surface area contributed by atoms with Crippen molar-refractivity contribution in [3.05, 3.63) is 0 Å². The summed E-state index contributed by atoms with van der Waals surface area (Å²) in [5.74, 6) is 0.926. The molecule has 1 nitrogen and oxygen atoms in total. The van der Waals surface area contributed by atoms with Crippen LogP contribution in [0.25, 0.3) is 0 Å². The molecule has 0 spiro atoms. The topological polar surface area (TPSA) is 3.24 Å². The molecule has 1 fully saturated rings. The molecule has 0 aromatic carbocycles. The fourth-order valence-electron chi connectivity index (χ4n) is 1.81. The third kappa shape index (κ3) is 4.93. The minimum atomic E-state index is 0. The second kappa shape index (κ2) is 7.41. The van der Waals surface area contributed by atoms with Gasteiger partial charge in [0.15, 0.2) is 0 Å². The molecular weight excluding hydrogens is 209 g/mol. The minimum Gasteiger partial charge on any atom is -0.411 e. The molecule has 0 aromatic rings. The van der Waals surface area contributed by atoms with Crippen LogP contribution in [0.15, 0.2) is 0 Å². The first kappa shape index (κ1) is 14.1. The Morgan fingerprint density at radius 2 is 2.00 bits per heavy atom. The molecule has 0 aliphatic carbocycles. The number of piperidine rings is 1. The van der Waals surface area contributed by atoms with Crippen LogP contribution in [0.5, 0.6) is 0 Å². The molecule has 0 atom stereocenters. The molecule has 0 N–H and O–H groups in total. The summed E-state index contributed by atoms with van der Waals surface area (Å²) in [6, 6.07) is 0. The summed E-state index contributed by atoms with van der Waals surface area (Å²) < 4.78 is 0.657. The van der Waals surface area contributed by atoms with Crippen LogP contribution in [0.1, 0.15) is 32.6 Å². The van der Waals surface area contributed by atoms with Crippen molar-refractivity contribution in [1.82, 2.24) is 4.90 Å². The molecule has 0 amide bonds. The maximum Gasteiger partial charge on any atom is 1.00 e. The normalized spacial score (nSPS) is 18.1. The molecule has 0 radical (unpaired) electrons. The summed E-state index contributed by atoms with van der Waals surface area (Å²) in [5.41, 5.74) is 0. The molecule has 1 saturated heterocycles. The number of thiocarbonyl (C=S) groups is 1. The van der Waals surface area contributed by atoms with Gasteiger partial charge in [0.2, 0.25) is 0 Å². The third-order valence-corrected chi connectivity index (χ3v) is 3.09. The first-order valence-corrected chi connectivity index (χ1v) is 5.51. The minimum absolute atomic E-state index is 0. The molecule has 1 rings (SSSR count). The van der Waals surface area contributed by atoms with Gasteiger partial charge in [-0.05, 0) is 18.8 Å². The van der Waals surface area contributed by atoms with Crippen molar-refractivity contribution in [2.75, 3.05) is 13.1 Å². The van der Waals surface area contributed by atoms with Gasteiger partial charge in [-0.15, -0.1) is 0 Å². The van der Waals surface area contributed by atoms with Crippen LogP contribution in [0.3, 0.4) is 0 Å². The van der Waals surface area contributed by atoms with Crippen molar-refractivity contribution in [3.63, 3.8) is 0 Å². The number of hydrogen-bond acceptors (Lipinski definition) is 2. The average Bonchev–Trinajstić information content (AvgIpc) is 2.06. The van der Waals surface area contributed by atoms with Gasteiger partial charge < -0.3 is 29.7 Å². The maximum atomic E-state index is 4.96. The molecular formula is C9H16NNaS2. The van der Waals surface area contributed by atoms with E-state index in [-0.39, 0.29) is 29.6 Å². The summed E-state index contributed by atoms with van der Waals surface area (Å²) in [6.07, 6.45) is 5.25. The molecule has 0 unspecified atom stereocenters. The van der Waals surface area contributed by atoms with E-state index in [0.29, 0.717) is 4.32 Å². The Hall–Kier alpha value is 1.11. The maximum absolute atomic E-state index is 4.96. The number of likely N-dealkylation sites (tertiary alicyclic amines) is 1. The second-order valence-corrected chi connectivity index (χ2v) is 4.52. The fraction of sp³-hybridized carbons (Fsp3) is 0.889. The van der Waals surface area contributed by atoms with Gasteiger partial charge in [0.1, 0.15) is 0 Å². The first-order chi connectivity index (χ1) is 5.74. The predicted molar refractivity (Wildman–Crippen MR) is 59.2 cm³/mol. The molecule has 4 heteroatoms. The Balaban J connectivity index is 0.00000144. The summed E-state index contributed by atoms with van der Waals surface area (Å²) in [5, 5.41) is 0. The van der Waals surface area contributed by atoms with E-state index in [1.165, 1.54) is 25.7 Å². The van der Waals surface area contributed by atoms with Crippen LogP contribution in [0.2, 0.25) is 0 Å². The SMILES string of the molecule is CCCC1CCN(C(=S)[S-])CC1.[Na+]. The van der Waals surface area contributed by atoms with Crippen LogP contribution in [0.4, 0.5) is 0 Å². The molecule has 0 bridgehead atoms. The molecule has 70 valence electrons. The standard InChI is InChI=1S/C9H17NS2.Na/c1-2-3-8-4-6-10(7-5-8)9(11)12;/h8H,2-7H2,1H3,(H,11,12);/q;+1/p-1. The van der Waals surface area contributed by atoms with E-state index in [2.05, 4.69) is 11.8 Å². The van der Waals surface area contributed by atoms with Crippen molar-refractivity contribution in [1.29, 1.82) is 0 Å². The van der Waals surface area contributed by atoms with E-state index < -0.39 is 0 Å². The van der Waals surface area contributed by atoms with Crippen LogP contribution < -0.4 is 29.6 Å². The quantitative estimate of drug-likeness (QED) is 0.349.